The Morgan fingerprint density at radius 1 is 1.06 bits per heavy atom. The van der Waals surface area contributed by atoms with Gasteiger partial charge in [-0.3, -0.25) is 4.79 Å². The molecule has 1 aliphatic rings. The van der Waals surface area contributed by atoms with E-state index in [0.29, 0.717) is 31.6 Å². The number of hydrogen-bond donors (Lipinski definition) is 2. The van der Waals surface area contributed by atoms with Gasteiger partial charge in [0.2, 0.25) is 11.9 Å². The molecule has 1 saturated heterocycles. The van der Waals surface area contributed by atoms with Crippen LogP contribution < -0.4 is 16.0 Å². The highest BCUT2D eigenvalue weighted by atomic mass is 19.4. The quantitative estimate of drug-likeness (QED) is 0.594. The number of carbonyl (C=O) groups excluding carboxylic acids is 1. The Morgan fingerprint density at radius 2 is 1.79 bits per heavy atom. The van der Waals surface area contributed by atoms with E-state index in [2.05, 4.69) is 25.2 Å². The van der Waals surface area contributed by atoms with Gasteiger partial charge < -0.3 is 16.0 Å². The average molecular weight is 456 g/mol. The van der Waals surface area contributed by atoms with Gasteiger partial charge >= 0.3 is 6.18 Å². The number of halogens is 3. The molecule has 0 bridgehead atoms. The van der Waals surface area contributed by atoms with Gasteiger partial charge in [0.1, 0.15) is 11.5 Å². The second-order valence-electron chi connectivity index (χ2n) is 8.04. The number of hydrogen-bond acceptors (Lipinski definition) is 6. The van der Waals surface area contributed by atoms with Gasteiger partial charge in [-0.25, -0.2) is 15.0 Å². The molecule has 0 radical (unpaired) electrons. The zero-order valence-corrected chi connectivity index (χ0v) is 17.9. The molecule has 3 N–H and O–H groups in total. The number of nitrogens with two attached hydrogens (primary N) is 1. The number of rotatable bonds is 5. The molecule has 10 heteroatoms. The van der Waals surface area contributed by atoms with Crippen molar-refractivity contribution in [1.29, 1.82) is 0 Å². The van der Waals surface area contributed by atoms with E-state index in [1.54, 1.807) is 6.20 Å². The normalized spacial score (nSPS) is 14.8. The number of aryl methyl sites for hydroxylation is 1. The zero-order chi connectivity index (χ0) is 23.6. The molecule has 0 unspecified atom stereocenters. The first-order valence-corrected chi connectivity index (χ1v) is 10.5. The third kappa shape index (κ3) is 5.39. The van der Waals surface area contributed by atoms with Gasteiger partial charge in [0.25, 0.3) is 0 Å². The number of pyridine rings is 1. The third-order valence-electron chi connectivity index (χ3n) is 5.58. The highest BCUT2D eigenvalue weighted by molar-refractivity contribution is 5.77. The lowest BCUT2D eigenvalue weighted by Crippen LogP contribution is -2.38. The molecule has 1 aliphatic heterocycles. The summed E-state index contributed by atoms with van der Waals surface area (Å²) < 4.78 is 38.9. The number of piperidine rings is 1. The average Bonchev–Trinajstić information content (AvgIpc) is 2.78. The van der Waals surface area contributed by atoms with Gasteiger partial charge in [-0.2, -0.15) is 13.2 Å². The molecular weight excluding hydrogens is 433 g/mol. The van der Waals surface area contributed by atoms with E-state index in [9.17, 15) is 18.0 Å². The molecule has 172 valence electrons. The minimum absolute atomic E-state index is 0.104. The molecule has 1 aromatic carbocycles. The molecule has 3 heterocycles. The van der Waals surface area contributed by atoms with Crippen molar-refractivity contribution in [3.63, 3.8) is 0 Å². The minimum atomic E-state index is -4.55. The first-order chi connectivity index (χ1) is 15.7. The lowest BCUT2D eigenvalue weighted by molar-refractivity contribution is -0.141. The van der Waals surface area contributed by atoms with E-state index in [0.717, 1.165) is 34.8 Å². The van der Waals surface area contributed by atoms with E-state index >= 15 is 0 Å². The van der Waals surface area contributed by atoms with Crippen molar-refractivity contribution in [2.75, 3.05) is 23.3 Å². The lowest BCUT2D eigenvalue weighted by atomic mass is 9.96. The van der Waals surface area contributed by atoms with Gasteiger partial charge in [-0.05, 0) is 66.8 Å². The van der Waals surface area contributed by atoms with Crippen LogP contribution >= 0.6 is 0 Å². The molecule has 3 aromatic rings. The molecule has 4 rings (SSSR count). The zero-order valence-electron chi connectivity index (χ0n) is 17.9. The number of benzene rings is 1. The molecule has 7 nitrogen and oxygen atoms in total. The number of aromatic nitrogens is 3. The monoisotopic (exact) mass is 456 g/mol. The fourth-order valence-corrected chi connectivity index (χ4v) is 3.89. The summed E-state index contributed by atoms with van der Waals surface area (Å²) in [5.41, 5.74) is 7.69. The number of nitrogens with one attached hydrogen (secondary N) is 1. The SMILES string of the molecule is Cc1cc(Nc2nccc(C(F)(F)F)n2)cc(-c2ccnc(N3CCC(C(N)=O)CC3)c2)c1. The van der Waals surface area contributed by atoms with E-state index in [1.165, 1.54) is 0 Å². The fourth-order valence-electron chi connectivity index (χ4n) is 3.89. The van der Waals surface area contributed by atoms with Crippen LogP contribution in [0.5, 0.6) is 0 Å². The second-order valence-corrected chi connectivity index (χ2v) is 8.04. The van der Waals surface area contributed by atoms with Gasteiger partial charge in [0.15, 0.2) is 0 Å². The van der Waals surface area contributed by atoms with Crippen molar-refractivity contribution in [1.82, 2.24) is 15.0 Å². The molecular formula is C23H23F3N6O. The first-order valence-electron chi connectivity index (χ1n) is 10.5. The smallest absolute Gasteiger partial charge is 0.369 e. The number of amides is 1. The summed E-state index contributed by atoms with van der Waals surface area (Å²) in [5, 5.41) is 2.87. The van der Waals surface area contributed by atoms with Crippen LogP contribution in [0.3, 0.4) is 0 Å². The summed E-state index contributed by atoms with van der Waals surface area (Å²) in [6, 6.07) is 10.3. The van der Waals surface area contributed by atoms with Gasteiger partial charge in [-0.15, -0.1) is 0 Å². The molecule has 0 spiro atoms. The predicted molar refractivity (Wildman–Crippen MR) is 119 cm³/mol. The second kappa shape index (κ2) is 9.05. The number of primary amides is 1. The van der Waals surface area contributed by atoms with E-state index in [1.807, 2.05) is 37.3 Å². The van der Waals surface area contributed by atoms with E-state index < -0.39 is 11.9 Å². The highest BCUT2D eigenvalue weighted by Crippen LogP contribution is 2.31. The van der Waals surface area contributed by atoms with E-state index in [-0.39, 0.29) is 17.8 Å². The number of carbonyl (C=O) groups is 1. The summed E-state index contributed by atoms with van der Waals surface area (Å²) in [5.74, 6) is 0.301. The number of anilines is 3. The maximum absolute atomic E-state index is 13.0. The Balaban J connectivity index is 1.56. The van der Waals surface area contributed by atoms with Crippen LogP contribution in [0.25, 0.3) is 11.1 Å². The molecule has 1 amide bonds. The van der Waals surface area contributed by atoms with Crippen molar-refractivity contribution in [3.8, 4) is 11.1 Å². The van der Waals surface area contributed by atoms with Gasteiger partial charge in [-0.1, -0.05) is 6.07 Å². The molecule has 0 aliphatic carbocycles. The fraction of sp³-hybridized carbons (Fsp3) is 0.304. The number of nitrogens with zero attached hydrogens (tertiary/aromatic N) is 4. The first kappa shape index (κ1) is 22.5. The highest BCUT2D eigenvalue weighted by Gasteiger charge is 2.32. The Labute approximate surface area is 188 Å². The summed E-state index contributed by atoms with van der Waals surface area (Å²) in [6.07, 6.45) is -0.369. The topological polar surface area (TPSA) is 97.0 Å². The van der Waals surface area contributed by atoms with Crippen molar-refractivity contribution >= 4 is 23.4 Å². The van der Waals surface area contributed by atoms with Crippen LogP contribution in [0, 0.1) is 12.8 Å². The Hall–Kier alpha value is -3.69. The summed E-state index contributed by atoms with van der Waals surface area (Å²) in [7, 11) is 0. The maximum Gasteiger partial charge on any atom is 0.433 e. The van der Waals surface area contributed by atoms with Crippen molar-refractivity contribution in [3.05, 3.63) is 60.0 Å². The predicted octanol–water partition coefficient (Wildman–Crippen LogP) is 4.31. The van der Waals surface area contributed by atoms with Crippen LogP contribution in [0.15, 0.2) is 48.8 Å². The van der Waals surface area contributed by atoms with Crippen LogP contribution in [0.1, 0.15) is 24.1 Å². The minimum Gasteiger partial charge on any atom is -0.369 e. The Morgan fingerprint density at radius 3 is 2.48 bits per heavy atom. The lowest BCUT2D eigenvalue weighted by Gasteiger charge is -2.31. The molecule has 1 fully saturated rings. The molecule has 0 saturated carbocycles. The molecule has 0 atom stereocenters. The van der Waals surface area contributed by atoms with Crippen LogP contribution in [-0.4, -0.2) is 33.9 Å². The van der Waals surface area contributed by atoms with E-state index in [4.69, 9.17) is 5.73 Å². The third-order valence-corrected chi connectivity index (χ3v) is 5.58. The Bertz CT molecular complexity index is 1160. The summed E-state index contributed by atoms with van der Waals surface area (Å²) in [6.45, 7) is 3.29. The van der Waals surface area contributed by atoms with Crippen LogP contribution in [0.4, 0.5) is 30.6 Å². The number of alkyl halides is 3. The van der Waals surface area contributed by atoms with Gasteiger partial charge in [0, 0.05) is 37.1 Å². The Kier molecular flexibility index (Phi) is 6.17. The summed E-state index contributed by atoms with van der Waals surface area (Å²) >= 11 is 0. The molecule has 2 aromatic heterocycles. The van der Waals surface area contributed by atoms with Crippen molar-refractivity contribution < 1.29 is 18.0 Å². The van der Waals surface area contributed by atoms with Crippen LogP contribution in [-0.2, 0) is 11.0 Å². The van der Waals surface area contributed by atoms with Crippen molar-refractivity contribution in [2.45, 2.75) is 25.9 Å². The van der Waals surface area contributed by atoms with Crippen molar-refractivity contribution in [2.24, 2.45) is 11.7 Å². The summed E-state index contributed by atoms with van der Waals surface area (Å²) in [4.78, 5) is 25.5. The standard InChI is InChI=1S/C23H23F3N6O/c1-14-10-17(12-18(11-14)30-22-29-7-3-19(31-22)23(24,25)26)16-2-6-28-20(13-16)32-8-4-15(5-9-32)21(27)33/h2-3,6-7,10-13,15H,4-5,8-9H2,1H3,(H2,27,33)(H,29,30,31). The maximum atomic E-state index is 13.0. The largest absolute Gasteiger partial charge is 0.433 e. The molecule has 33 heavy (non-hydrogen) atoms. The van der Waals surface area contributed by atoms with Crippen LogP contribution in [0.2, 0.25) is 0 Å². The van der Waals surface area contributed by atoms with Gasteiger partial charge in [0.05, 0.1) is 0 Å².